The van der Waals surface area contributed by atoms with Crippen molar-refractivity contribution in [3.05, 3.63) is 87.4 Å². The molecule has 2 heterocycles. The molecule has 1 fully saturated rings. The fraction of sp³-hybridized carbons (Fsp3) is 0.379. The quantitative estimate of drug-likeness (QED) is 0.387. The second kappa shape index (κ2) is 11.2. The van der Waals surface area contributed by atoms with E-state index in [9.17, 15) is 9.59 Å². The minimum absolute atomic E-state index is 0.104. The van der Waals surface area contributed by atoms with Crippen LogP contribution in [0.25, 0.3) is 0 Å². The number of amides is 3. The fourth-order valence-corrected chi connectivity index (χ4v) is 6.32. The van der Waals surface area contributed by atoms with E-state index in [1.165, 1.54) is 37.8 Å². The highest BCUT2D eigenvalue weighted by atomic mass is 32.1. The number of carbonyl (C=O) groups is 2. The molecule has 1 aliphatic carbocycles. The molecule has 5 rings (SSSR count). The van der Waals surface area contributed by atoms with Crippen molar-refractivity contribution in [2.45, 2.75) is 69.9 Å². The molecule has 6 nitrogen and oxygen atoms in total. The van der Waals surface area contributed by atoms with Crippen molar-refractivity contribution in [2.24, 2.45) is 4.99 Å². The predicted octanol–water partition coefficient (Wildman–Crippen LogP) is 6.52. The summed E-state index contributed by atoms with van der Waals surface area (Å²) in [6, 6.07) is 16.8. The average Bonchev–Trinajstić information content (AvgIpc) is 3.42. The highest BCUT2D eigenvalue weighted by Gasteiger charge is 2.36. The molecule has 0 bridgehead atoms. The van der Waals surface area contributed by atoms with Crippen LogP contribution >= 0.6 is 11.3 Å². The lowest BCUT2D eigenvalue weighted by Crippen LogP contribution is -2.39. The Hall–Kier alpha value is -3.32. The molecule has 3 aromatic rings. The number of hydrogen-bond acceptors (Lipinski definition) is 4. The van der Waals surface area contributed by atoms with E-state index in [1.807, 2.05) is 61.5 Å². The summed E-state index contributed by atoms with van der Waals surface area (Å²) in [6.45, 7) is 2.52. The molecule has 1 aliphatic heterocycles. The Labute approximate surface area is 216 Å². The highest BCUT2D eigenvalue weighted by Crippen LogP contribution is 2.40. The third-order valence-corrected chi connectivity index (χ3v) is 8.18. The van der Waals surface area contributed by atoms with Crippen LogP contribution in [0.3, 0.4) is 0 Å². The van der Waals surface area contributed by atoms with Crippen LogP contribution in [0.2, 0.25) is 0 Å². The number of aromatic nitrogens is 1. The van der Waals surface area contributed by atoms with Crippen LogP contribution in [0.4, 0.5) is 4.79 Å². The SMILES string of the molecule is CCC1=NC(=O)NC(c2ccc(C(=O)NCc3ccccc3)cc2)C1c1nc(C2CCCCC2)cs1. The summed E-state index contributed by atoms with van der Waals surface area (Å²) >= 11 is 1.67. The number of nitrogens with one attached hydrogen (secondary N) is 2. The van der Waals surface area contributed by atoms with E-state index >= 15 is 0 Å². The Morgan fingerprint density at radius 2 is 1.81 bits per heavy atom. The van der Waals surface area contributed by atoms with Crippen molar-refractivity contribution in [1.82, 2.24) is 15.6 Å². The van der Waals surface area contributed by atoms with Gasteiger partial charge in [-0.15, -0.1) is 11.3 Å². The second-order valence-electron chi connectivity index (χ2n) is 9.60. The maximum Gasteiger partial charge on any atom is 0.341 e. The minimum atomic E-state index is -0.318. The number of thiazole rings is 1. The smallest absolute Gasteiger partial charge is 0.341 e. The van der Waals surface area contributed by atoms with Crippen LogP contribution in [-0.2, 0) is 6.54 Å². The van der Waals surface area contributed by atoms with Crippen molar-refractivity contribution >= 4 is 29.0 Å². The van der Waals surface area contributed by atoms with Gasteiger partial charge in [0.1, 0.15) is 5.01 Å². The zero-order valence-corrected chi connectivity index (χ0v) is 21.4. The van der Waals surface area contributed by atoms with Gasteiger partial charge in [0.15, 0.2) is 0 Å². The topological polar surface area (TPSA) is 83.5 Å². The van der Waals surface area contributed by atoms with Crippen molar-refractivity contribution in [3.8, 4) is 0 Å². The van der Waals surface area contributed by atoms with Crippen molar-refractivity contribution in [1.29, 1.82) is 0 Å². The summed E-state index contributed by atoms with van der Waals surface area (Å²) < 4.78 is 0. The number of benzene rings is 2. The van der Waals surface area contributed by atoms with Crippen molar-refractivity contribution in [2.75, 3.05) is 0 Å². The molecule has 3 amide bonds. The largest absolute Gasteiger partial charge is 0.348 e. The summed E-state index contributed by atoms with van der Waals surface area (Å²) in [5.41, 5.74) is 4.64. The lowest BCUT2D eigenvalue weighted by Gasteiger charge is -2.31. The Morgan fingerprint density at radius 3 is 2.53 bits per heavy atom. The van der Waals surface area contributed by atoms with E-state index in [1.54, 1.807) is 11.3 Å². The first-order valence-electron chi connectivity index (χ1n) is 12.9. The van der Waals surface area contributed by atoms with Crippen molar-refractivity contribution < 1.29 is 9.59 Å². The molecule has 2 atom stereocenters. The Kier molecular flexibility index (Phi) is 7.56. The van der Waals surface area contributed by atoms with Gasteiger partial charge in [-0.1, -0.05) is 68.7 Å². The van der Waals surface area contributed by atoms with Gasteiger partial charge in [0.05, 0.1) is 17.7 Å². The maximum atomic E-state index is 12.7. The molecule has 1 aromatic heterocycles. The van der Waals surface area contributed by atoms with Gasteiger partial charge in [0.2, 0.25) is 0 Å². The lowest BCUT2D eigenvalue weighted by atomic mass is 9.86. The summed E-state index contributed by atoms with van der Waals surface area (Å²) in [4.78, 5) is 34.5. The second-order valence-corrected chi connectivity index (χ2v) is 10.5. The van der Waals surface area contributed by atoms with Gasteiger partial charge in [-0.3, -0.25) is 4.79 Å². The van der Waals surface area contributed by atoms with Crippen LogP contribution in [0.5, 0.6) is 0 Å². The number of nitrogens with zero attached hydrogens (tertiary/aromatic N) is 2. The van der Waals surface area contributed by atoms with Crippen molar-refractivity contribution in [3.63, 3.8) is 0 Å². The van der Waals surface area contributed by atoms with Gasteiger partial charge >= 0.3 is 6.03 Å². The normalized spacial score (nSPS) is 20.5. The minimum Gasteiger partial charge on any atom is -0.348 e. The van der Waals surface area contributed by atoms with Crippen LogP contribution in [0.15, 0.2) is 65.0 Å². The molecule has 2 N–H and O–H groups in total. The van der Waals surface area contributed by atoms with E-state index in [4.69, 9.17) is 4.98 Å². The van der Waals surface area contributed by atoms with Gasteiger partial charge < -0.3 is 10.6 Å². The van der Waals surface area contributed by atoms with Gasteiger partial charge in [0, 0.05) is 29.1 Å². The van der Waals surface area contributed by atoms with E-state index in [0.29, 0.717) is 24.4 Å². The molecule has 1 saturated carbocycles. The molecular weight excluding hydrogens is 468 g/mol. The van der Waals surface area contributed by atoms with Gasteiger partial charge in [-0.25, -0.2) is 14.8 Å². The number of carbonyl (C=O) groups excluding carboxylic acids is 2. The zero-order valence-electron chi connectivity index (χ0n) is 20.6. The lowest BCUT2D eigenvalue weighted by molar-refractivity contribution is 0.0951. The molecular formula is C29H32N4O2S. The first kappa shape index (κ1) is 24.4. The standard InChI is InChI=1S/C29H32N4O2S/c1-2-23-25(28-31-24(18-36-28)20-11-7-4-8-12-20)26(33-29(35)32-23)21-13-15-22(16-14-21)27(34)30-17-19-9-5-3-6-10-19/h3,5-6,9-10,13-16,18,20,25-26H,2,4,7-8,11-12,17H2,1H3,(H,30,34)(H,33,35). The molecule has 186 valence electrons. The van der Waals surface area contributed by atoms with Crippen LogP contribution in [0.1, 0.15) is 95.5 Å². The summed E-state index contributed by atoms with van der Waals surface area (Å²) in [5.74, 6) is 0.311. The summed E-state index contributed by atoms with van der Waals surface area (Å²) in [6.07, 6.45) is 6.95. The molecule has 0 spiro atoms. The Morgan fingerprint density at radius 1 is 1.06 bits per heavy atom. The van der Waals surface area contributed by atoms with Crippen LogP contribution in [-0.4, -0.2) is 22.6 Å². The summed E-state index contributed by atoms with van der Waals surface area (Å²) in [5, 5.41) is 9.25. The molecule has 0 radical (unpaired) electrons. The number of hydrogen-bond donors (Lipinski definition) is 2. The molecule has 2 unspecified atom stereocenters. The maximum absolute atomic E-state index is 12.7. The number of rotatable bonds is 7. The first-order valence-corrected chi connectivity index (χ1v) is 13.8. The zero-order chi connectivity index (χ0) is 24.9. The molecule has 0 saturated heterocycles. The monoisotopic (exact) mass is 500 g/mol. The fourth-order valence-electron chi connectivity index (χ4n) is 5.25. The average molecular weight is 501 g/mol. The van der Waals surface area contributed by atoms with E-state index in [-0.39, 0.29) is 23.9 Å². The predicted molar refractivity (Wildman–Crippen MR) is 144 cm³/mol. The van der Waals surface area contributed by atoms with Crippen LogP contribution < -0.4 is 10.6 Å². The van der Waals surface area contributed by atoms with Gasteiger partial charge in [-0.2, -0.15) is 0 Å². The van der Waals surface area contributed by atoms with Gasteiger partial charge in [-0.05, 0) is 42.5 Å². The molecule has 36 heavy (non-hydrogen) atoms. The third kappa shape index (κ3) is 5.41. The number of aliphatic imine (C=N–C) groups is 1. The molecule has 2 aliphatic rings. The van der Waals surface area contributed by atoms with E-state index in [0.717, 1.165) is 21.8 Å². The highest BCUT2D eigenvalue weighted by molar-refractivity contribution is 7.09. The molecule has 7 heteroatoms. The number of urea groups is 1. The van der Waals surface area contributed by atoms with E-state index in [2.05, 4.69) is 21.0 Å². The van der Waals surface area contributed by atoms with E-state index < -0.39 is 0 Å². The Balaban J connectivity index is 1.35. The first-order chi connectivity index (χ1) is 17.6. The third-order valence-electron chi connectivity index (χ3n) is 7.24. The Bertz CT molecular complexity index is 1230. The molecule has 2 aromatic carbocycles. The summed E-state index contributed by atoms with van der Waals surface area (Å²) in [7, 11) is 0. The van der Waals surface area contributed by atoms with Gasteiger partial charge in [0.25, 0.3) is 5.91 Å². The van der Waals surface area contributed by atoms with Crippen LogP contribution in [0, 0.1) is 0 Å².